The van der Waals surface area contributed by atoms with Gasteiger partial charge in [-0.05, 0) is 37.3 Å². The van der Waals surface area contributed by atoms with Crippen LogP contribution in [-0.2, 0) is 11.8 Å². The van der Waals surface area contributed by atoms with Crippen LogP contribution in [0.15, 0.2) is 48.4 Å². The van der Waals surface area contributed by atoms with E-state index in [9.17, 15) is 0 Å². The number of hydrogen-bond acceptors (Lipinski definition) is 3. The van der Waals surface area contributed by atoms with Crippen molar-refractivity contribution in [1.29, 1.82) is 0 Å². The van der Waals surface area contributed by atoms with Gasteiger partial charge < -0.3 is 10.5 Å². The lowest BCUT2D eigenvalue weighted by Crippen LogP contribution is -2.29. The van der Waals surface area contributed by atoms with Gasteiger partial charge in [0.05, 0.1) is 12.3 Å². The van der Waals surface area contributed by atoms with Crippen LogP contribution in [0.25, 0.3) is 16.3 Å². The highest BCUT2D eigenvalue weighted by Crippen LogP contribution is 2.23. The highest BCUT2D eigenvalue weighted by Gasteiger charge is 2.15. The number of nitrogens with two attached hydrogens (primary N) is 1. The predicted octanol–water partition coefficient (Wildman–Crippen LogP) is 3.44. The Morgan fingerprint density at radius 3 is 2.76 bits per heavy atom. The van der Waals surface area contributed by atoms with Gasteiger partial charge >= 0.3 is 0 Å². The molecule has 110 valence electrons. The van der Waals surface area contributed by atoms with Crippen molar-refractivity contribution in [3.8, 4) is 0 Å². The molecule has 1 aliphatic rings. The highest BCUT2D eigenvalue weighted by atomic mass is 32.1. The fourth-order valence-electron chi connectivity index (χ4n) is 1.96. The normalized spacial score (nSPS) is 15.0. The first-order valence-corrected chi connectivity index (χ1v) is 7.78. The van der Waals surface area contributed by atoms with E-state index in [2.05, 4.69) is 42.8 Å². The Morgan fingerprint density at radius 1 is 1.33 bits per heavy atom. The van der Waals surface area contributed by atoms with E-state index >= 15 is 0 Å². The van der Waals surface area contributed by atoms with Crippen LogP contribution in [-0.4, -0.2) is 6.54 Å². The number of rotatable bonds is 1. The summed E-state index contributed by atoms with van der Waals surface area (Å²) in [6, 6.07) is 6.54. The maximum absolute atomic E-state index is 5.44. The SMILES string of the molecule is CCN.Cc1ccc2sc(/C=C3\C=CC=CO3)[n+](C)c2c1. The third kappa shape index (κ3) is 3.80. The molecule has 21 heavy (non-hydrogen) atoms. The van der Waals surface area contributed by atoms with Gasteiger partial charge in [-0.15, -0.1) is 0 Å². The molecule has 2 heterocycles. The average molecular weight is 301 g/mol. The molecule has 4 heteroatoms. The third-order valence-electron chi connectivity index (χ3n) is 2.94. The topological polar surface area (TPSA) is 39.1 Å². The summed E-state index contributed by atoms with van der Waals surface area (Å²) >= 11 is 1.77. The van der Waals surface area contributed by atoms with Gasteiger partial charge in [0.1, 0.15) is 17.5 Å². The highest BCUT2D eigenvalue weighted by molar-refractivity contribution is 7.18. The Morgan fingerprint density at radius 2 is 2.10 bits per heavy atom. The van der Waals surface area contributed by atoms with Crippen LogP contribution >= 0.6 is 11.3 Å². The summed E-state index contributed by atoms with van der Waals surface area (Å²) in [4.78, 5) is 0. The Balaban J connectivity index is 0.000000497. The van der Waals surface area contributed by atoms with Crippen molar-refractivity contribution in [2.24, 2.45) is 12.8 Å². The summed E-state index contributed by atoms with van der Waals surface area (Å²) in [5.41, 5.74) is 7.40. The van der Waals surface area contributed by atoms with E-state index < -0.39 is 0 Å². The smallest absolute Gasteiger partial charge is 0.266 e. The monoisotopic (exact) mass is 301 g/mol. The van der Waals surface area contributed by atoms with Crippen LogP contribution < -0.4 is 10.3 Å². The van der Waals surface area contributed by atoms with E-state index in [1.165, 1.54) is 20.8 Å². The van der Waals surface area contributed by atoms with E-state index in [0.717, 1.165) is 12.3 Å². The summed E-state index contributed by atoms with van der Waals surface area (Å²) in [6.45, 7) is 4.77. The fraction of sp³-hybridized carbons (Fsp3) is 0.235. The molecule has 1 aromatic carbocycles. The standard InChI is InChI=1S/C15H14NOS.C2H7N/c1-11-6-7-14-13(9-11)16(2)15(18-14)10-12-5-3-4-8-17-12;1-2-3/h3-10H,1-2H3;2-3H2,1H3/q+1;/b12-10+;. The van der Waals surface area contributed by atoms with E-state index in [4.69, 9.17) is 10.5 Å². The maximum Gasteiger partial charge on any atom is 0.266 e. The minimum absolute atomic E-state index is 0.750. The minimum Gasteiger partial charge on any atom is -0.465 e. The first-order chi connectivity index (χ1) is 10.2. The Kier molecular flexibility index (Phi) is 5.31. The van der Waals surface area contributed by atoms with Crippen molar-refractivity contribution in [1.82, 2.24) is 0 Å². The molecule has 2 aromatic rings. The molecule has 1 aromatic heterocycles. The lowest BCUT2D eigenvalue weighted by Gasteiger charge is -2.01. The van der Waals surface area contributed by atoms with E-state index in [1.54, 1.807) is 17.6 Å². The number of nitrogens with zero attached hydrogens (tertiary/aromatic N) is 1. The molecule has 2 N–H and O–H groups in total. The number of ether oxygens (including phenoxy) is 1. The number of aromatic nitrogens is 1. The van der Waals surface area contributed by atoms with Gasteiger partial charge in [-0.2, -0.15) is 4.57 Å². The second-order valence-corrected chi connectivity index (χ2v) is 5.79. The summed E-state index contributed by atoms with van der Waals surface area (Å²) < 4.78 is 8.94. The van der Waals surface area contributed by atoms with Gasteiger partial charge in [-0.25, -0.2) is 0 Å². The van der Waals surface area contributed by atoms with E-state index in [-0.39, 0.29) is 0 Å². The zero-order chi connectivity index (χ0) is 15.2. The van der Waals surface area contributed by atoms with Crippen LogP contribution in [0.1, 0.15) is 17.5 Å². The molecule has 0 spiro atoms. The fourth-order valence-corrected chi connectivity index (χ4v) is 3.03. The van der Waals surface area contributed by atoms with Crippen LogP contribution in [0.4, 0.5) is 0 Å². The van der Waals surface area contributed by atoms with E-state index in [0.29, 0.717) is 0 Å². The summed E-state index contributed by atoms with van der Waals surface area (Å²) in [6.07, 6.45) is 9.59. The first-order valence-electron chi connectivity index (χ1n) is 6.96. The van der Waals surface area contributed by atoms with Crippen molar-refractivity contribution in [3.63, 3.8) is 0 Å². The molecular weight excluding hydrogens is 280 g/mol. The molecule has 0 saturated heterocycles. The Bertz CT molecular complexity index is 711. The zero-order valence-electron chi connectivity index (χ0n) is 12.7. The number of allylic oxidation sites excluding steroid dienone is 3. The molecule has 3 nitrogen and oxygen atoms in total. The maximum atomic E-state index is 5.44. The van der Waals surface area contributed by atoms with Crippen LogP contribution in [0, 0.1) is 6.92 Å². The molecule has 0 aliphatic carbocycles. The molecule has 0 unspecified atom stereocenters. The van der Waals surface area contributed by atoms with Gasteiger partial charge in [0, 0.05) is 6.07 Å². The van der Waals surface area contributed by atoms with Crippen molar-refractivity contribution in [2.45, 2.75) is 13.8 Å². The average Bonchev–Trinajstić information content (AvgIpc) is 2.78. The zero-order valence-corrected chi connectivity index (χ0v) is 13.5. The lowest BCUT2D eigenvalue weighted by molar-refractivity contribution is -0.642. The first kappa shape index (κ1) is 15.5. The molecule has 0 atom stereocenters. The number of hydrogen-bond donors (Lipinski definition) is 1. The second-order valence-electron chi connectivity index (χ2n) is 4.73. The Labute approximate surface area is 129 Å². The summed E-state index contributed by atoms with van der Waals surface area (Å²) in [5, 5.41) is 1.19. The summed E-state index contributed by atoms with van der Waals surface area (Å²) in [7, 11) is 2.09. The largest absolute Gasteiger partial charge is 0.465 e. The van der Waals surface area contributed by atoms with Gasteiger partial charge in [0.15, 0.2) is 0 Å². The van der Waals surface area contributed by atoms with Crippen molar-refractivity contribution in [3.05, 3.63) is 59.0 Å². The van der Waals surface area contributed by atoms with E-state index in [1.807, 2.05) is 25.2 Å². The van der Waals surface area contributed by atoms with Crippen molar-refractivity contribution < 1.29 is 9.30 Å². The number of aryl methyl sites for hydroxylation is 2. The second kappa shape index (κ2) is 7.20. The van der Waals surface area contributed by atoms with Crippen molar-refractivity contribution >= 4 is 27.6 Å². The van der Waals surface area contributed by atoms with Crippen LogP contribution in [0.3, 0.4) is 0 Å². The number of benzene rings is 1. The molecule has 0 radical (unpaired) electrons. The van der Waals surface area contributed by atoms with Crippen LogP contribution in [0.2, 0.25) is 0 Å². The molecule has 3 rings (SSSR count). The molecule has 0 amide bonds. The third-order valence-corrected chi connectivity index (χ3v) is 4.11. The number of thiazole rings is 1. The van der Waals surface area contributed by atoms with Gasteiger partial charge in [0.25, 0.3) is 5.01 Å². The molecule has 0 bridgehead atoms. The lowest BCUT2D eigenvalue weighted by atomic mass is 10.2. The van der Waals surface area contributed by atoms with Crippen molar-refractivity contribution in [2.75, 3.05) is 6.54 Å². The molecule has 0 fully saturated rings. The number of fused-ring (bicyclic) bond motifs is 1. The van der Waals surface area contributed by atoms with Gasteiger partial charge in [0.2, 0.25) is 5.52 Å². The minimum atomic E-state index is 0.750. The van der Waals surface area contributed by atoms with Gasteiger partial charge in [-0.3, -0.25) is 0 Å². The Hall–Kier alpha value is -1.91. The van der Waals surface area contributed by atoms with Crippen LogP contribution in [0.5, 0.6) is 0 Å². The quantitative estimate of drug-likeness (QED) is 0.820. The predicted molar refractivity (Wildman–Crippen MR) is 89.8 cm³/mol. The van der Waals surface area contributed by atoms with Gasteiger partial charge in [-0.1, -0.05) is 30.4 Å². The molecular formula is C17H21N2OS+. The molecule has 0 saturated carbocycles. The summed E-state index contributed by atoms with van der Waals surface area (Å²) in [5.74, 6) is 0.872. The molecule has 1 aliphatic heterocycles.